The Kier molecular flexibility index (Phi) is 6.35. The summed E-state index contributed by atoms with van der Waals surface area (Å²) in [4.78, 5) is 28.6. The predicted octanol–water partition coefficient (Wildman–Crippen LogP) is 4.74. The number of sulfonamides is 1. The Bertz CT molecular complexity index is 1320. The van der Waals surface area contributed by atoms with Crippen molar-refractivity contribution >= 4 is 50.7 Å². The molecule has 0 atom stereocenters. The molecule has 160 valence electrons. The van der Waals surface area contributed by atoms with E-state index in [2.05, 4.69) is 9.71 Å². The molecule has 3 rings (SSSR count). The lowest BCUT2D eigenvalue weighted by Crippen LogP contribution is -2.18. The summed E-state index contributed by atoms with van der Waals surface area (Å²) in [5.41, 5.74) is 0.388. The molecule has 0 amide bonds. The summed E-state index contributed by atoms with van der Waals surface area (Å²) >= 11 is 11.9. The van der Waals surface area contributed by atoms with Gasteiger partial charge in [0, 0.05) is 16.8 Å². The van der Waals surface area contributed by atoms with Crippen LogP contribution in [0, 0.1) is 13.8 Å². The van der Waals surface area contributed by atoms with Crippen molar-refractivity contribution < 1.29 is 23.1 Å². The Balaban J connectivity index is 2.09. The number of pyridine rings is 1. The fourth-order valence-corrected chi connectivity index (χ4v) is 4.26. The Labute approximate surface area is 188 Å². The van der Waals surface area contributed by atoms with Gasteiger partial charge in [0.25, 0.3) is 10.0 Å². The number of hydrogen-bond donors (Lipinski definition) is 2. The third-order valence-corrected chi connectivity index (χ3v) is 6.40. The van der Waals surface area contributed by atoms with Gasteiger partial charge in [-0.3, -0.25) is 9.52 Å². The minimum absolute atomic E-state index is 0.0747. The molecular formula is C21H16Cl2N2O5S. The number of aryl methyl sites for hydroxylation is 2. The van der Waals surface area contributed by atoms with Gasteiger partial charge in [0.15, 0.2) is 0 Å². The van der Waals surface area contributed by atoms with Crippen molar-refractivity contribution in [2.45, 2.75) is 18.7 Å². The molecule has 0 saturated carbocycles. The van der Waals surface area contributed by atoms with E-state index in [4.69, 9.17) is 23.2 Å². The summed E-state index contributed by atoms with van der Waals surface area (Å²) in [7, 11) is -4.12. The number of aromatic carboxylic acids is 1. The number of hydrogen-bond acceptors (Lipinski definition) is 5. The lowest BCUT2D eigenvalue weighted by atomic mass is 9.98. The fourth-order valence-electron chi connectivity index (χ4n) is 2.85. The van der Waals surface area contributed by atoms with Crippen molar-refractivity contribution in [2.75, 3.05) is 4.72 Å². The van der Waals surface area contributed by atoms with Crippen molar-refractivity contribution in [3.63, 3.8) is 0 Å². The van der Waals surface area contributed by atoms with Crippen LogP contribution in [0.4, 0.5) is 5.69 Å². The summed E-state index contributed by atoms with van der Waals surface area (Å²) < 4.78 is 28.1. The number of carbonyl (C=O) groups excluding carboxylic acids is 1. The molecule has 1 heterocycles. The highest BCUT2D eigenvalue weighted by Crippen LogP contribution is 2.27. The SMILES string of the molecule is Cc1ccc(C(=O)c2ncc(Cl)cc2NS(=O)(=O)c2ccc(Cl)c(C)c2)c(C(=O)O)c1. The van der Waals surface area contributed by atoms with Crippen LogP contribution in [-0.4, -0.2) is 30.3 Å². The number of carbonyl (C=O) groups is 2. The Hall–Kier alpha value is -2.94. The smallest absolute Gasteiger partial charge is 0.336 e. The lowest BCUT2D eigenvalue weighted by Gasteiger charge is -2.13. The largest absolute Gasteiger partial charge is 0.478 e. The Morgan fingerprint density at radius 3 is 2.35 bits per heavy atom. The highest BCUT2D eigenvalue weighted by Gasteiger charge is 2.25. The van der Waals surface area contributed by atoms with Gasteiger partial charge in [-0.05, 0) is 55.8 Å². The number of rotatable bonds is 6. The molecule has 0 aliphatic heterocycles. The monoisotopic (exact) mass is 478 g/mol. The average molecular weight is 479 g/mol. The molecule has 7 nitrogen and oxygen atoms in total. The van der Waals surface area contributed by atoms with Crippen molar-refractivity contribution in [1.82, 2.24) is 4.98 Å². The predicted molar refractivity (Wildman–Crippen MR) is 118 cm³/mol. The first-order valence-corrected chi connectivity index (χ1v) is 11.1. The molecule has 0 aliphatic rings. The van der Waals surface area contributed by atoms with Crippen LogP contribution in [0.25, 0.3) is 0 Å². The highest BCUT2D eigenvalue weighted by molar-refractivity contribution is 7.92. The third kappa shape index (κ3) is 4.87. The van der Waals surface area contributed by atoms with Crippen LogP contribution in [0.3, 0.4) is 0 Å². The van der Waals surface area contributed by atoms with Crippen molar-refractivity contribution in [3.05, 3.63) is 86.7 Å². The number of nitrogens with one attached hydrogen (secondary N) is 1. The van der Waals surface area contributed by atoms with E-state index in [1.54, 1.807) is 19.9 Å². The van der Waals surface area contributed by atoms with Gasteiger partial charge in [0.1, 0.15) is 5.69 Å². The standard InChI is InChI=1S/C21H16Cl2N2O5S/c1-11-3-5-15(16(7-11)21(27)28)20(26)19-18(9-13(22)10-24-19)25-31(29,30)14-4-6-17(23)12(2)8-14/h3-10,25H,1-2H3,(H,27,28). The van der Waals surface area contributed by atoms with Crippen LogP contribution < -0.4 is 4.72 Å². The van der Waals surface area contributed by atoms with Gasteiger partial charge in [-0.1, -0.05) is 34.8 Å². The van der Waals surface area contributed by atoms with Crippen LogP contribution in [0.5, 0.6) is 0 Å². The molecule has 0 fully saturated rings. The summed E-state index contributed by atoms with van der Waals surface area (Å²) in [6, 6.07) is 9.67. The first-order chi connectivity index (χ1) is 14.5. The minimum atomic E-state index is -4.12. The molecule has 0 aliphatic carbocycles. The normalized spacial score (nSPS) is 11.2. The first kappa shape index (κ1) is 22.7. The van der Waals surface area contributed by atoms with Crippen LogP contribution in [0.1, 0.15) is 37.5 Å². The van der Waals surface area contributed by atoms with E-state index in [1.165, 1.54) is 42.6 Å². The van der Waals surface area contributed by atoms with E-state index in [9.17, 15) is 23.1 Å². The minimum Gasteiger partial charge on any atom is -0.478 e. The molecule has 0 spiro atoms. The maximum absolute atomic E-state index is 13.1. The van der Waals surface area contributed by atoms with E-state index in [-0.39, 0.29) is 32.4 Å². The highest BCUT2D eigenvalue weighted by atomic mass is 35.5. The average Bonchev–Trinajstić information content (AvgIpc) is 2.69. The summed E-state index contributed by atoms with van der Waals surface area (Å²) in [6.45, 7) is 3.34. The maximum Gasteiger partial charge on any atom is 0.336 e. The number of carboxylic acids is 1. The molecular weight excluding hydrogens is 463 g/mol. The number of carboxylic acid groups (broad SMARTS) is 1. The second-order valence-corrected chi connectivity index (χ2v) is 9.28. The first-order valence-electron chi connectivity index (χ1n) is 8.83. The maximum atomic E-state index is 13.1. The van der Waals surface area contributed by atoms with Gasteiger partial charge in [0.2, 0.25) is 5.78 Å². The zero-order valence-corrected chi connectivity index (χ0v) is 18.6. The van der Waals surface area contributed by atoms with Crippen molar-refractivity contribution in [1.29, 1.82) is 0 Å². The van der Waals surface area contributed by atoms with Crippen LogP contribution in [-0.2, 0) is 10.0 Å². The molecule has 0 bridgehead atoms. The van der Waals surface area contributed by atoms with Crippen molar-refractivity contribution in [2.24, 2.45) is 0 Å². The Morgan fingerprint density at radius 2 is 1.71 bits per heavy atom. The molecule has 10 heteroatoms. The van der Waals surface area contributed by atoms with E-state index in [0.717, 1.165) is 0 Å². The number of ketones is 1. The topological polar surface area (TPSA) is 113 Å². The van der Waals surface area contributed by atoms with Gasteiger partial charge in [-0.25, -0.2) is 18.2 Å². The second-order valence-electron chi connectivity index (χ2n) is 6.75. The van der Waals surface area contributed by atoms with Gasteiger partial charge in [0.05, 0.1) is 21.2 Å². The third-order valence-electron chi connectivity index (χ3n) is 4.40. The molecule has 0 unspecified atom stereocenters. The van der Waals surface area contributed by atoms with Gasteiger partial charge < -0.3 is 5.11 Å². The Morgan fingerprint density at radius 1 is 1.00 bits per heavy atom. The number of aromatic nitrogens is 1. The molecule has 0 radical (unpaired) electrons. The van der Waals surface area contributed by atoms with E-state index in [1.807, 2.05) is 0 Å². The van der Waals surface area contributed by atoms with E-state index in [0.29, 0.717) is 16.1 Å². The molecule has 31 heavy (non-hydrogen) atoms. The zero-order valence-electron chi connectivity index (χ0n) is 16.3. The summed E-state index contributed by atoms with van der Waals surface area (Å²) in [5.74, 6) is -2.06. The molecule has 2 aromatic carbocycles. The van der Waals surface area contributed by atoms with E-state index >= 15 is 0 Å². The number of nitrogens with zero attached hydrogens (tertiary/aromatic N) is 1. The molecule has 0 saturated heterocycles. The van der Waals surface area contributed by atoms with E-state index < -0.39 is 21.8 Å². The summed E-state index contributed by atoms with van der Waals surface area (Å²) in [5, 5.41) is 9.96. The van der Waals surface area contributed by atoms with Crippen LogP contribution >= 0.6 is 23.2 Å². The molecule has 2 N–H and O–H groups in total. The second kappa shape index (κ2) is 8.66. The molecule has 1 aromatic heterocycles. The molecule has 3 aromatic rings. The fraction of sp³-hybridized carbons (Fsp3) is 0.0952. The number of anilines is 1. The van der Waals surface area contributed by atoms with Gasteiger partial charge >= 0.3 is 5.97 Å². The lowest BCUT2D eigenvalue weighted by molar-refractivity contribution is 0.0692. The van der Waals surface area contributed by atoms with Crippen LogP contribution in [0.2, 0.25) is 10.0 Å². The zero-order chi connectivity index (χ0) is 22.9. The number of benzene rings is 2. The number of halogens is 2. The van der Waals surface area contributed by atoms with Gasteiger partial charge in [-0.2, -0.15) is 0 Å². The van der Waals surface area contributed by atoms with Crippen LogP contribution in [0.15, 0.2) is 53.6 Å². The van der Waals surface area contributed by atoms with Gasteiger partial charge in [-0.15, -0.1) is 0 Å². The summed E-state index contributed by atoms with van der Waals surface area (Å²) in [6.07, 6.45) is 1.17. The van der Waals surface area contributed by atoms with Crippen molar-refractivity contribution in [3.8, 4) is 0 Å². The quantitative estimate of drug-likeness (QED) is 0.494.